The van der Waals surface area contributed by atoms with Gasteiger partial charge >= 0.3 is 6.18 Å². The molecule has 2 aromatic heterocycles. The number of hydrogen-bond donors (Lipinski definition) is 5. The molecule has 77 heavy (non-hydrogen) atoms. The van der Waals surface area contributed by atoms with Gasteiger partial charge in [0.15, 0.2) is 5.82 Å². The maximum Gasteiger partial charge on any atom is 0.418 e. The number of rotatable bonds is 14. The minimum Gasteiger partial charge on any atom is -0.489 e. The van der Waals surface area contributed by atoms with Crippen LogP contribution in [-0.4, -0.2) is 124 Å². The van der Waals surface area contributed by atoms with Crippen LogP contribution in [0.25, 0.3) is 16.9 Å². The van der Waals surface area contributed by atoms with Crippen LogP contribution in [0.15, 0.2) is 79.0 Å². The average Bonchev–Trinajstić information content (AvgIpc) is 4.13. The molecule has 5 N–H and O–H groups in total. The van der Waals surface area contributed by atoms with Crippen LogP contribution in [0, 0.1) is 18.6 Å². The number of amides is 5. The second-order valence-corrected chi connectivity index (χ2v) is 19.5. The predicted octanol–water partition coefficient (Wildman–Crippen LogP) is 5.60. The summed E-state index contributed by atoms with van der Waals surface area (Å²) in [7, 11) is 0. The number of aliphatic hydroxyl groups excluding tert-OH is 2. The first kappa shape index (κ1) is 53.0. The van der Waals surface area contributed by atoms with Crippen molar-refractivity contribution in [2.75, 3.05) is 18.5 Å². The van der Waals surface area contributed by atoms with Crippen LogP contribution in [-0.2, 0) is 36.6 Å². The number of hydrogen-bond acceptors (Lipinski definition) is 14. The zero-order valence-electron chi connectivity index (χ0n) is 40.0. The number of carbonyl (C=O) groups is 5. The van der Waals surface area contributed by atoms with Gasteiger partial charge in [-0.15, -0.1) is 5.10 Å². The van der Waals surface area contributed by atoms with Gasteiger partial charge in [0.1, 0.15) is 83.1 Å². The monoisotopic (exact) mass is 1110 g/mol. The number of aryl methyl sites for hydroxylation is 1. The molecule has 6 atom stereocenters. The number of para-hydroxylation sites is 1. The van der Waals surface area contributed by atoms with Gasteiger partial charge in [-0.2, -0.15) is 18.3 Å². The average molecular weight is 1110 g/mol. The minimum atomic E-state index is -4.92. The Kier molecular flexibility index (Phi) is 14.6. The number of halogens is 7. The Morgan fingerprint density at radius 1 is 1.00 bits per heavy atom. The van der Waals surface area contributed by atoms with Crippen LogP contribution in [0.1, 0.15) is 81.3 Å². The van der Waals surface area contributed by atoms with Crippen molar-refractivity contribution in [2.24, 2.45) is 0 Å². The maximum absolute atomic E-state index is 14.6. The number of anilines is 1. The van der Waals surface area contributed by atoms with Crippen molar-refractivity contribution < 1.29 is 70.3 Å². The number of piperidine rings is 1. The summed E-state index contributed by atoms with van der Waals surface area (Å²) in [6.45, 7) is -0.130. The molecule has 3 aliphatic heterocycles. The van der Waals surface area contributed by atoms with E-state index in [0.717, 1.165) is 39.7 Å². The number of aromatic nitrogens is 6. The third-order valence-corrected chi connectivity index (χ3v) is 14.1. The lowest BCUT2D eigenvalue weighted by Gasteiger charge is -2.43. The number of benzene rings is 4. The van der Waals surface area contributed by atoms with Crippen LogP contribution in [0.2, 0.25) is 10.0 Å². The van der Waals surface area contributed by atoms with E-state index in [2.05, 4.69) is 36.3 Å². The first-order valence-electron chi connectivity index (χ1n) is 23.8. The lowest BCUT2D eigenvalue weighted by molar-refractivity contribution is -0.223. The summed E-state index contributed by atoms with van der Waals surface area (Å²) >= 11 is 11.9. The van der Waals surface area contributed by atoms with Gasteiger partial charge in [-0.05, 0) is 79.6 Å². The van der Waals surface area contributed by atoms with Gasteiger partial charge < -0.3 is 40.0 Å². The number of ether oxygens (including phenoxy) is 3. The summed E-state index contributed by atoms with van der Waals surface area (Å²) in [5.74, 6) is -4.89. The van der Waals surface area contributed by atoms with E-state index < -0.39 is 120 Å². The quantitative estimate of drug-likeness (QED) is 0.0506. The molecule has 2 saturated heterocycles. The molecule has 1 unspecified atom stereocenters. The van der Waals surface area contributed by atoms with Gasteiger partial charge in [0, 0.05) is 53.7 Å². The Labute approximate surface area is 442 Å². The highest BCUT2D eigenvalue weighted by Crippen LogP contribution is 2.43. The van der Waals surface area contributed by atoms with Gasteiger partial charge in [0.05, 0.1) is 29.6 Å². The van der Waals surface area contributed by atoms with Crippen LogP contribution in [0.3, 0.4) is 0 Å². The van der Waals surface area contributed by atoms with E-state index in [-0.39, 0.29) is 77.4 Å². The van der Waals surface area contributed by atoms with Crippen molar-refractivity contribution in [3.63, 3.8) is 0 Å². The first-order chi connectivity index (χ1) is 36.7. The van der Waals surface area contributed by atoms with Crippen LogP contribution < -0.4 is 20.7 Å². The molecule has 6 aromatic rings. The summed E-state index contributed by atoms with van der Waals surface area (Å²) < 4.78 is 93.1. The zero-order valence-corrected chi connectivity index (χ0v) is 41.5. The third kappa shape index (κ3) is 10.7. The third-order valence-electron chi connectivity index (χ3n) is 13.5. The molecule has 0 radical (unpaired) electrons. The lowest BCUT2D eigenvalue weighted by atomic mass is 9.89. The Morgan fingerprint density at radius 3 is 2.48 bits per heavy atom. The molecule has 27 heteroatoms. The number of fused-ring (bicyclic) bond motifs is 1. The Balaban J connectivity index is 0.840. The second-order valence-electron chi connectivity index (χ2n) is 18.7. The molecule has 1 saturated carbocycles. The predicted molar refractivity (Wildman–Crippen MR) is 258 cm³/mol. The molecule has 20 nitrogen and oxygen atoms in total. The molecular weight excluding hydrogens is 1070 g/mol. The zero-order chi connectivity index (χ0) is 54.6. The number of alkyl halides is 3. The summed E-state index contributed by atoms with van der Waals surface area (Å²) in [5.41, 5.74) is -0.454. The number of nitrogens with one attached hydrogen (secondary N) is 3. The van der Waals surface area contributed by atoms with Crippen LogP contribution >= 0.6 is 23.2 Å². The van der Waals surface area contributed by atoms with Gasteiger partial charge in [0.2, 0.25) is 17.7 Å². The fourth-order valence-electron chi connectivity index (χ4n) is 9.77. The number of imide groups is 1. The van der Waals surface area contributed by atoms with Crippen molar-refractivity contribution in [3.05, 3.63) is 135 Å². The highest BCUT2D eigenvalue weighted by Gasteiger charge is 2.51. The van der Waals surface area contributed by atoms with E-state index in [1.165, 1.54) is 18.0 Å². The largest absolute Gasteiger partial charge is 0.489 e. The summed E-state index contributed by atoms with van der Waals surface area (Å²) in [6, 6.07) is 13.0. The van der Waals surface area contributed by atoms with Crippen LogP contribution in [0.5, 0.6) is 5.75 Å². The first-order valence-corrected chi connectivity index (χ1v) is 24.6. The molecule has 402 valence electrons. The maximum atomic E-state index is 14.6. The van der Waals surface area contributed by atoms with E-state index in [1.54, 1.807) is 42.5 Å². The van der Waals surface area contributed by atoms with E-state index >= 15 is 0 Å². The van der Waals surface area contributed by atoms with Crippen molar-refractivity contribution in [2.45, 2.75) is 94.0 Å². The van der Waals surface area contributed by atoms with Crippen molar-refractivity contribution in [1.29, 1.82) is 0 Å². The molecule has 3 fully saturated rings. The molecule has 4 aromatic carbocycles. The van der Waals surface area contributed by atoms with E-state index in [1.807, 2.05) is 0 Å². The number of carbonyl (C=O) groups excluding carboxylic acids is 5. The molecular formula is C50H43Cl2F5N10O10. The molecule has 0 bridgehead atoms. The van der Waals surface area contributed by atoms with E-state index in [4.69, 9.17) is 37.4 Å². The van der Waals surface area contributed by atoms with E-state index in [0.29, 0.717) is 16.8 Å². The fourth-order valence-corrected chi connectivity index (χ4v) is 10.0. The second kappa shape index (κ2) is 21.2. The van der Waals surface area contributed by atoms with Crippen molar-refractivity contribution in [3.8, 4) is 22.7 Å². The van der Waals surface area contributed by atoms with E-state index in [9.17, 15) is 56.1 Å². The molecule has 4 aliphatic rings. The number of aliphatic hydroxyl groups is 2. The lowest BCUT2D eigenvalue weighted by Crippen LogP contribution is -2.55. The summed E-state index contributed by atoms with van der Waals surface area (Å²) in [6.07, 6.45) is -9.84. The topological polar surface area (TPSA) is 254 Å². The molecule has 0 spiro atoms. The SMILES string of the molecule is Cc1nc([C@@H]2O[C@H](CO)[C@H](O)[C@H](n3cc(-c4cc(F)c(Cl)c(F)c4)nn3)[C@H]2OCC(=O)NC2CC(Oc3ccccc3C(=O)Nc3ccc4c(c3)CN(C3CCC(=O)NC3=O)C4=O)C2)n(-c2cc(Cl)ccc2C(F)(F)F)n1. The highest BCUT2D eigenvalue weighted by molar-refractivity contribution is 6.31. The van der Waals surface area contributed by atoms with Crippen molar-refractivity contribution in [1.82, 2.24) is 45.3 Å². The van der Waals surface area contributed by atoms with Crippen molar-refractivity contribution >= 4 is 58.4 Å². The Bertz CT molecular complexity index is 3310. The Morgan fingerprint density at radius 2 is 1.75 bits per heavy atom. The molecule has 5 heterocycles. The molecule has 1 aliphatic carbocycles. The van der Waals surface area contributed by atoms with Crippen LogP contribution in [0.4, 0.5) is 27.6 Å². The summed E-state index contributed by atoms with van der Waals surface area (Å²) in [4.78, 5) is 70.6. The standard InChI is InChI=1S/C50H43Cl2F5N10O10/c1-22-58-46(67(63-22)36-15-25(51)6-9-31(36)50(55,56)57)45-44(42(43(71)38(20-68)77-45)66-19-34(62-64-66)23-13-32(53)41(52)33(54)14-23)75-21-40(70)59-27-16-28(17-27)76-37-5-3-2-4-30(37)47(72)60-26-7-8-29-24(12-26)18-65(49(29)74)35-10-11-39(69)61-48(35)73/h2-9,12-15,19,27-28,35,38,42-45,68,71H,10-11,16-18,20-21H2,1H3,(H,59,70)(H,60,72)(H,61,69,73)/t27?,28?,35?,38-,42+,43+,44-,45-/m1/s1. The highest BCUT2D eigenvalue weighted by atomic mass is 35.5. The smallest absolute Gasteiger partial charge is 0.418 e. The number of nitrogens with zero attached hydrogens (tertiary/aromatic N) is 7. The normalized spacial score (nSPS) is 23.3. The van der Waals surface area contributed by atoms with Gasteiger partial charge in [-0.25, -0.2) is 23.1 Å². The summed E-state index contributed by atoms with van der Waals surface area (Å²) in [5, 5.41) is 41.6. The molecule has 5 amide bonds. The van der Waals surface area contributed by atoms with Gasteiger partial charge in [0.25, 0.3) is 11.8 Å². The Hall–Kier alpha value is -7.42. The molecule has 10 rings (SSSR count). The fraction of sp³-hybridized carbons (Fsp3) is 0.340. The minimum absolute atomic E-state index is 0.0457. The van der Waals surface area contributed by atoms with Gasteiger partial charge in [-0.3, -0.25) is 29.3 Å². The van der Waals surface area contributed by atoms with Gasteiger partial charge in [-0.1, -0.05) is 40.5 Å².